The molecule has 0 heterocycles. The van der Waals surface area contributed by atoms with Gasteiger partial charge in [0.15, 0.2) is 0 Å². The third-order valence-corrected chi connectivity index (χ3v) is 4.35. The molecule has 2 saturated carbocycles. The van der Waals surface area contributed by atoms with Crippen LogP contribution in [0.1, 0.15) is 51.9 Å². The Morgan fingerprint density at radius 1 is 1.12 bits per heavy atom. The number of nitrogens with one attached hydrogen (secondary N) is 1. The zero-order valence-corrected chi connectivity index (χ0v) is 11.1. The van der Waals surface area contributed by atoms with Gasteiger partial charge in [-0.1, -0.05) is 19.3 Å². The maximum Gasteiger partial charge on any atom is 0.323 e. The number of carbonyl (C=O) groups is 1. The van der Waals surface area contributed by atoms with E-state index in [9.17, 15) is 4.79 Å². The molecule has 0 aromatic heterocycles. The van der Waals surface area contributed by atoms with Gasteiger partial charge in [-0.2, -0.15) is 0 Å². The number of esters is 1. The van der Waals surface area contributed by atoms with Crippen molar-refractivity contribution in [3.63, 3.8) is 0 Å². The van der Waals surface area contributed by atoms with Crippen molar-refractivity contribution in [3.8, 4) is 0 Å². The molecule has 17 heavy (non-hydrogen) atoms. The van der Waals surface area contributed by atoms with Gasteiger partial charge < -0.3 is 10.1 Å². The number of hydrogen-bond acceptors (Lipinski definition) is 3. The topological polar surface area (TPSA) is 38.3 Å². The molecule has 0 amide bonds. The summed E-state index contributed by atoms with van der Waals surface area (Å²) in [6, 6.07) is 0.386. The van der Waals surface area contributed by atoms with Gasteiger partial charge in [-0.3, -0.25) is 4.79 Å². The van der Waals surface area contributed by atoms with Crippen LogP contribution in [-0.4, -0.2) is 25.2 Å². The molecule has 0 radical (unpaired) electrons. The van der Waals surface area contributed by atoms with Crippen LogP contribution in [0, 0.1) is 11.8 Å². The minimum absolute atomic E-state index is 0.0584. The smallest absolute Gasteiger partial charge is 0.323 e. The lowest BCUT2D eigenvalue weighted by Gasteiger charge is -2.31. The van der Waals surface area contributed by atoms with Crippen molar-refractivity contribution in [2.75, 3.05) is 7.11 Å². The highest BCUT2D eigenvalue weighted by molar-refractivity contribution is 5.76. The lowest BCUT2D eigenvalue weighted by atomic mass is 9.84. The second-order valence-electron chi connectivity index (χ2n) is 5.69. The molecule has 0 aromatic carbocycles. The van der Waals surface area contributed by atoms with Crippen molar-refractivity contribution >= 4 is 5.97 Å². The summed E-state index contributed by atoms with van der Waals surface area (Å²) < 4.78 is 4.90. The Morgan fingerprint density at radius 3 is 2.29 bits per heavy atom. The first-order valence-electron chi connectivity index (χ1n) is 7.06. The Kier molecular flexibility index (Phi) is 4.43. The molecule has 2 aliphatic carbocycles. The number of hydrogen-bond donors (Lipinski definition) is 1. The molecule has 3 nitrogen and oxygen atoms in total. The van der Waals surface area contributed by atoms with Crippen LogP contribution >= 0.6 is 0 Å². The van der Waals surface area contributed by atoms with E-state index in [-0.39, 0.29) is 12.0 Å². The van der Waals surface area contributed by atoms with E-state index < -0.39 is 0 Å². The molecule has 0 aromatic rings. The molecule has 3 heteroatoms. The van der Waals surface area contributed by atoms with Crippen molar-refractivity contribution in [1.29, 1.82) is 0 Å². The first-order chi connectivity index (χ1) is 8.22. The number of rotatable bonds is 5. The molecule has 0 saturated heterocycles. The summed E-state index contributed by atoms with van der Waals surface area (Å²) in [5.74, 6) is 1.19. The van der Waals surface area contributed by atoms with E-state index in [1.54, 1.807) is 0 Å². The monoisotopic (exact) mass is 239 g/mol. The lowest BCUT2D eigenvalue weighted by molar-refractivity contribution is -0.144. The largest absolute Gasteiger partial charge is 0.468 e. The summed E-state index contributed by atoms with van der Waals surface area (Å²) in [5, 5.41) is 3.52. The zero-order valence-electron chi connectivity index (χ0n) is 11.1. The van der Waals surface area contributed by atoms with Crippen LogP contribution in [0.15, 0.2) is 0 Å². The summed E-state index contributed by atoms with van der Waals surface area (Å²) in [5.41, 5.74) is 0. The van der Waals surface area contributed by atoms with Crippen LogP contribution in [0.25, 0.3) is 0 Å². The van der Waals surface area contributed by atoms with E-state index in [1.807, 2.05) is 0 Å². The van der Waals surface area contributed by atoms with Gasteiger partial charge in [-0.25, -0.2) is 0 Å². The third kappa shape index (κ3) is 3.44. The standard InChI is InChI=1S/C14H25NO2/c1-10(11-6-4-3-5-7-11)15-13(12-8-9-12)14(16)17-2/h10-13,15H,3-9H2,1-2H3. The molecule has 2 fully saturated rings. The van der Waals surface area contributed by atoms with Crippen LogP contribution < -0.4 is 5.32 Å². The van der Waals surface area contributed by atoms with Crippen LogP contribution in [0.5, 0.6) is 0 Å². The van der Waals surface area contributed by atoms with Crippen LogP contribution in [0.4, 0.5) is 0 Å². The van der Waals surface area contributed by atoms with Gasteiger partial charge in [0.05, 0.1) is 7.11 Å². The van der Waals surface area contributed by atoms with E-state index in [2.05, 4.69) is 12.2 Å². The molecular weight excluding hydrogens is 214 g/mol. The number of ether oxygens (including phenoxy) is 1. The maximum absolute atomic E-state index is 11.7. The van der Waals surface area contributed by atoms with E-state index in [1.165, 1.54) is 52.1 Å². The molecule has 0 aliphatic heterocycles. The molecule has 98 valence electrons. The van der Waals surface area contributed by atoms with Crippen LogP contribution in [-0.2, 0) is 9.53 Å². The van der Waals surface area contributed by atoms with E-state index in [4.69, 9.17) is 4.74 Å². The normalized spacial score (nSPS) is 25.3. The lowest BCUT2D eigenvalue weighted by Crippen LogP contribution is -2.47. The Bertz CT molecular complexity index is 257. The predicted octanol–water partition coefficient (Wildman–Crippen LogP) is 2.50. The van der Waals surface area contributed by atoms with E-state index in [0.717, 1.165) is 5.92 Å². The van der Waals surface area contributed by atoms with Gasteiger partial charge in [0.25, 0.3) is 0 Å². The minimum atomic E-state index is -0.0739. The fourth-order valence-corrected chi connectivity index (χ4v) is 3.01. The zero-order chi connectivity index (χ0) is 12.3. The van der Waals surface area contributed by atoms with Gasteiger partial charge in [0, 0.05) is 6.04 Å². The highest BCUT2D eigenvalue weighted by Crippen LogP contribution is 2.34. The fourth-order valence-electron chi connectivity index (χ4n) is 3.01. The second-order valence-corrected chi connectivity index (χ2v) is 5.69. The Balaban J connectivity index is 1.85. The molecule has 2 atom stereocenters. The second kappa shape index (κ2) is 5.85. The van der Waals surface area contributed by atoms with Gasteiger partial charge in [-0.05, 0) is 44.4 Å². The Hall–Kier alpha value is -0.570. The summed E-state index contributed by atoms with van der Waals surface area (Å²) >= 11 is 0. The van der Waals surface area contributed by atoms with E-state index in [0.29, 0.717) is 12.0 Å². The third-order valence-electron chi connectivity index (χ3n) is 4.35. The fraction of sp³-hybridized carbons (Fsp3) is 0.929. The molecule has 2 aliphatic rings. The number of methoxy groups -OCH3 is 1. The molecule has 1 N–H and O–H groups in total. The van der Waals surface area contributed by atoms with Crippen molar-refractivity contribution < 1.29 is 9.53 Å². The quantitative estimate of drug-likeness (QED) is 0.749. The maximum atomic E-state index is 11.7. The predicted molar refractivity (Wildman–Crippen MR) is 67.7 cm³/mol. The van der Waals surface area contributed by atoms with Crippen molar-refractivity contribution in [2.24, 2.45) is 11.8 Å². The van der Waals surface area contributed by atoms with Gasteiger partial charge >= 0.3 is 5.97 Å². The minimum Gasteiger partial charge on any atom is -0.468 e. The van der Waals surface area contributed by atoms with Crippen molar-refractivity contribution in [1.82, 2.24) is 5.32 Å². The van der Waals surface area contributed by atoms with Gasteiger partial charge in [-0.15, -0.1) is 0 Å². The first kappa shape index (κ1) is 12.9. The summed E-state index contributed by atoms with van der Waals surface area (Å²) in [6.45, 7) is 2.23. The molecule has 0 bridgehead atoms. The van der Waals surface area contributed by atoms with E-state index >= 15 is 0 Å². The van der Waals surface area contributed by atoms with Crippen LogP contribution in [0.2, 0.25) is 0 Å². The average Bonchev–Trinajstić information content (AvgIpc) is 3.20. The highest BCUT2D eigenvalue weighted by atomic mass is 16.5. The van der Waals surface area contributed by atoms with Gasteiger partial charge in [0.2, 0.25) is 0 Å². The summed E-state index contributed by atoms with van der Waals surface area (Å²) in [6.07, 6.45) is 9.05. The van der Waals surface area contributed by atoms with Crippen LogP contribution in [0.3, 0.4) is 0 Å². The SMILES string of the molecule is COC(=O)C(NC(C)C1CCCCC1)C1CC1. The average molecular weight is 239 g/mol. The van der Waals surface area contributed by atoms with Crippen molar-refractivity contribution in [2.45, 2.75) is 64.0 Å². The van der Waals surface area contributed by atoms with Gasteiger partial charge in [0.1, 0.15) is 6.04 Å². The molecule has 2 unspecified atom stereocenters. The Labute approximate surface area is 104 Å². The summed E-state index contributed by atoms with van der Waals surface area (Å²) in [4.78, 5) is 11.7. The molecule has 0 spiro atoms. The molecular formula is C14H25NO2. The summed E-state index contributed by atoms with van der Waals surface area (Å²) in [7, 11) is 1.49. The Morgan fingerprint density at radius 2 is 1.76 bits per heavy atom. The highest BCUT2D eigenvalue weighted by Gasteiger charge is 2.38. The molecule has 2 rings (SSSR count). The number of carbonyl (C=O) groups excluding carboxylic acids is 1. The van der Waals surface area contributed by atoms with Crippen molar-refractivity contribution in [3.05, 3.63) is 0 Å². The first-order valence-corrected chi connectivity index (χ1v) is 7.06.